The van der Waals surface area contributed by atoms with Crippen molar-refractivity contribution in [1.82, 2.24) is 14.9 Å². The SMILES string of the molecule is COCc1nc(NCCC23CCCN2CCC3)cc(C2CC(N)C2)n1.Cl.Cl. The fourth-order valence-electron chi connectivity index (χ4n) is 4.97. The van der Waals surface area contributed by atoms with Crippen LogP contribution in [0.2, 0.25) is 0 Å². The lowest BCUT2D eigenvalue weighted by Gasteiger charge is -2.33. The number of methoxy groups -OCH3 is 1. The molecule has 3 aliphatic rings. The van der Waals surface area contributed by atoms with Gasteiger partial charge in [0.05, 0.1) is 0 Å². The molecule has 0 aromatic carbocycles. The predicted octanol–water partition coefficient (Wildman–Crippen LogP) is 3.10. The standard InChI is InChI=1S/C19H31N5O.2ClH/c1-25-13-18-22-16(14-10-15(20)11-14)12-17(23-18)21-7-6-19-4-2-8-24(19)9-3-5-19;;/h12,14-15H,2-11,13,20H2,1H3,(H,21,22,23);2*1H. The van der Waals surface area contributed by atoms with E-state index in [1.807, 2.05) is 0 Å². The van der Waals surface area contributed by atoms with E-state index in [4.69, 9.17) is 10.5 Å². The van der Waals surface area contributed by atoms with Gasteiger partial charge in [-0.15, -0.1) is 24.8 Å². The molecule has 1 aromatic rings. The van der Waals surface area contributed by atoms with Crippen LogP contribution in [-0.4, -0.2) is 53.2 Å². The third kappa shape index (κ3) is 4.85. The van der Waals surface area contributed by atoms with Crippen LogP contribution in [0.25, 0.3) is 0 Å². The maximum absolute atomic E-state index is 5.95. The molecule has 3 fully saturated rings. The van der Waals surface area contributed by atoms with Gasteiger partial charge in [-0.2, -0.15) is 0 Å². The Balaban J connectivity index is 0.00000131. The summed E-state index contributed by atoms with van der Waals surface area (Å²) < 4.78 is 5.25. The second kappa shape index (κ2) is 9.70. The van der Waals surface area contributed by atoms with E-state index in [0.717, 1.165) is 36.7 Å². The molecule has 0 bridgehead atoms. The summed E-state index contributed by atoms with van der Waals surface area (Å²) in [4.78, 5) is 12.0. The highest BCUT2D eigenvalue weighted by Gasteiger charge is 2.43. The second-order valence-electron chi connectivity index (χ2n) is 8.05. The highest BCUT2D eigenvalue weighted by molar-refractivity contribution is 5.85. The van der Waals surface area contributed by atoms with Gasteiger partial charge in [0.1, 0.15) is 12.4 Å². The largest absolute Gasteiger partial charge is 0.377 e. The van der Waals surface area contributed by atoms with Crippen LogP contribution in [-0.2, 0) is 11.3 Å². The summed E-state index contributed by atoms with van der Waals surface area (Å²) in [5, 5.41) is 3.57. The lowest BCUT2D eigenvalue weighted by Crippen LogP contribution is -2.39. The summed E-state index contributed by atoms with van der Waals surface area (Å²) in [7, 11) is 1.69. The van der Waals surface area contributed by atoms with Crippen molar-refractivity contribution in [1.29, 1.82) is 0 Å². The zero-order chi connectivity index (χ0) is 17.3. The summed E-state index contributed by atoms with van der Waals surface area (Å²) >= 11 is 0. The molecule has 0 atom stereocenters. The van der Waals surface area contributed by atoms with Gasteiger partial charge in [-0.05, 0) is 58.0 Å². The summed E-state index contributed by atoms with van der Waals surface area (Å²) in [6.07, 6.45) is 8.70. The number of aromatic nitrogens is 2. The molecule has 2 saturated heterocycles. The molecule has 2 aliphatic heterocycles. The Morgan fingerprint density at radius 1 is 1.22 bits per heavy atom. The van der Waals surface area contributed by atoms with Gasteiger partial charge in [-0.1, -0.05) is 0 Å². The molecule has 1 saturated carbocycles. The number of nitrogens with two attached hydrogens (primary N) is 1. The fraction of sp³-hybridized carbons (Fsp3) is 0.789. The Kier molecular flexibility index (Phi) is 8.13. The van der Waals surface area contributed by atoms with Gasteiger partial charge in [0, 0.05) is 42.9 Å². The van der Waals surface area contributed by atoms with Crippen LogP contribution in [0, 0.1) is 0 Å². The normalized spacial score (nSPS) is 25.9. The minimum Gasteiger partial charge on any atom is -0.377 e. The van der Waals surface area contributed by atoms with E-state index in [9.17, 15) is 0 Å². The Hall–Kier alpha value is -0.660. The zero-order valence-electron chi connectivity index (χ0n) is 16.2. The first-order valence-corrected chi connectivity index (χ1v) is 9.80. The Morgan fingerprint density at radius 2 is 1.93 bits per heavy atom. The molecule has 4 rings (SSSR count). The van der Waals surface area contributed by atoms with Crippen molar-refractivity contribution in [2.75, 3.05) is 32.1 Å². The molecule has 0 amide bonds. The molecule has 27 heavy (non-hydrogen) atoms. The smallest absolute Gasteiger partial charge is 0.156 e. The van der Waals surface area contributed by atoms with Crippen molar-refractivity contribution in [3.63, 3.8) is 0 Å². The molecule has 0 radical (unpaired) electrons. The zero-order valence-corrected chi connectivity index (χ0v) is 17.8. The number of nitrogens with one attached hydrogen (secondary N) is 1. The summed E-state index contributed by atoms with van der Waals surface area (Å²) in [5.41, 5.74) is 7.53. The monoisotopic (exact) mass is 417 g/mol. The lowest BCUT2D eigenvalue weighted by atomic mass is 9.78. The van der Waals surface area contributed by atoms with Gasteiger partial charge >= 0.3 is 0 Å². The highest BCUT2D eigenvalue weighted by Crippen LogP contribution is 2.41. The molecule has 154 valence electrons. The van der Waals surface area contributed by atoms with E-state index in [0.29, 0.717) is 24.1 Å². The van der Waals surface area contributed by atoms with E-state index in [1.165, 1.54) is 45.2 Å². The third-order valence-electron chi connectivity index (χ3n) is 6.37. The number of halogens is 2. The molecule has 3 heterocycles. The minimum atomic E-state index is 0. The van der Waals surface area contributed by atoms with Crippen molar-refractivity contribution >= 4 is 30.6 Å². The average molecular weight is 418 g/mol. The van der Waals surface area contributed by atoms with Crippen LogP contribution in [0.5, 0.6) is 0 Å². The van der Waals surface area contributed by atoms with Crippen LogP contribution in [0.1, 0.15) is 62.4 Å². The van der Waals surface area contributed by atoms with Crippen LogP contribution >= 0.6 is 24.8 Å². The van der Waals surface area contributed by atoms with Crippen molar-refractivity contribution in [2.24, 2.45) is 5.73 Å². The number of nitrogens with zero attached hydrogens (tertiary/aromatic N) is 3. The van der Waals surface area contributed by atoms with Gasteiger partial charge in [-0.25, -0.2) is 9.97 Å². The predicted molar refractivity (Wildman–Crippen MR) is 113 cm³/mol. The van der Waals surface area contributed by atoms with E-state index >= 15 is 0 Å². The van der Waals surface area contributed by atoms with Crippen LogP contribution in [0.4, 0.5) is 5.82 Å². The maximum Gasteiger partial charge on any atom is 0.156 e. The van der Waals surface area contributed by atoms with Gasteiger partial charge in [0.15, 0.2) is 5.82 Å². The molecule has 6 nitrogen and oxygen atoms in total. The number of fused-ring (bicyclic) bond motifs is 1. The van der Waals surface area contributed by atoms with Crippen LogP contribution in [0.15, 0.2) is 6.07 Å². The Bertz CT molecular complexity index is 602. The number of rotatable bonds is 7. The Morgan fingerprint density at radius 3 is 2.56 bits per heavy atom. The molecule has 0 unspecified atom stereocenters. The molecular formula is C19H33Cl2N5O. The van der Waals surface area contributed by atoms with Crippen molar-refractivity contribution in [2.45, 2.75) is 69.1 Å². The fourth-order valence-corrected chi connectivity index (χ4v) is 4.97. The molecule has 8 heteroatoms. The third-order valence-corrected chi connectivity index (χ3v) is 6.37. The molecule has 0 spiro atoms. The highest BCUT2D eigenvalue weighted by atomic mass is 35.5. The van der Waals surface area contributed by atoms with Crippen molar-refractivity contribution < 1.29 is 4.74 Å². The first-order valence-electron chi connectivity index (χ1n) is 9.80. The van der Waals surface area contributed by atoms with Crippen molar-refractivity contribution in [3.05, 3.63) is 17.6 Å². The molecular weight excluding hydrogens is 385 g/mol. The first-order chi connectivity index (χ1) is 12.2. The summed E-state index contributed by atoms with van der Waals surface area (Å²) in [6, 6.07) is 2.45. The number of hydrogen-bond donors (Lipinski definition) is 2. The van der Waals surface area contributed by atoms with Gasteiger partial charge in [0.25, 0.3) is 0 Å². The quantitative estimate of drug-likeness (QED) is 0.709. The van der Waals surface area contributed by atoms with Gasteiger partial charge < -0.3 is 15.8 Å². The number of ether oxygens (including phenoxy) is 1. The first kappa shape index (κ1) is 22.6. The molecule has 1 aliphatic carbocycles. The van der Waals surface area contributed by atoms with E-state index in [-0.39, 0.29) is 24.8 Å². The average Bonchev–Trinajstić information content (AvgIpc) is 3.12. The van der Waals surface area contributed by atoms with Crippen molar-refractivity contribution in [3.8, 4) is 0 Å². The second-order valence-corrected chi connectivity index (χ2v) is 8.05. The van der Waals surface area contributed by atoms with Gasteiger partial charge in [-0.3, -0.25) is 4.90 Å². The number of hydrogen-bond acceptors (Lipinski definition) is 6. The van der Waals surface area contributed by atoms with E-state index in [2.05, 4.69) is 26.3 Å². The van der Waals surface area contributed by atoms with Crippen LogP contribution in [0.3, 0.4) is 0 Å². The summed E-state index contributed by atoms with van der Waals surface area (Å²) in [6.45, 7) is 4.01. The summed E-state index contributed by atoms with van der Waals surface area (Å²) in [5.74, 6) is 2.19. The Labute approximate surface area is 174 Å². The van der Waals surface area contributed by atoms with E-state index < -0.39 is 0 Å². The van der Waals surface area contributed by atoms with E-state index in [1.54, 1.807) is 7.11 Å². The molecule has 3 N–H and O–H groups in total. The van der Waals surface area contributed by atoms with Crippen LogP contribution < -0.4 is 11.1 Å². The lowest BCUT2D eigenvalue weighted by molar-refractivity contribution is 0.177. The van der Waals surface area contributed by atoms with Gasteiger partial charge in [0.2, 0.25) is 0 Å². The minimum absolute atomic E-state index is 0. The topological polar surface area (TPSA) is 76.3 Å². The molecule has 1 aromatic heterocycles. The maximum atomic E-state index is 5.95. The number of anilines is 1.